The van der Waals surface area contributed by atoms with Crippen LogP contribution in [-0.4, -0.2) is 38.8 Å². The lowest BCUT2D eigenvalue weighted by molar-refractivity contribution is -0.273. The second-order valence-corrected chi connectivity index (χ2v) is 8.28. The van der Waals surface area contributed by atoms with Crippen LogP contribution in [0.3, 0.4) is 0 Å². The molecule has 6 nitrogen and oxygen atoms in total. The lowest BCUT2D eigenvalue weighted by Gasteiger charge is -2.37. The van der Waals surface area contributed by atoms with Gasteiger partial charge < -0.3 is 14.5 Å². The molecular weight excluding hydrogens is 461 g/mol. The number of H-pyrrole nitrogens is 1. The number of rotatable bonds is 6. The van der Waals surface area contributed by atoms with Crippen molar-refractivity contribution in [2.45, 2.75) is 42.5 Å². The number of fused-ring (bicyclic) bond motifs is 1. The fourth-order valence-corrected chi connectivity index (χ4v) is 4.55. The van der Waals surface area contributed by atoms with Crippen LogP contribution in [0.25, 0.3) is 0 Å². The molecule has 0 bridgehead atoms. The highest BCUT2D eigenvalue weighted by Crippen LogP contribution is 2.44. The van der Waals surface area contributed by atoms with Crippen LogP contribution in [0.1, 0.15) is 21.8 Å². The molecular formula is C17H15F7N2O4S. The van der Waals surface area contributed by atoms with E-state index in [1.165, 1.54) is 0 Å². The van der Waals surface area contributed by atoms with E-state index < -0.39 is 82.7 Å². The molecule has 172 valence electrons. The quantitative estimate of drug-likeness (QED) is 0.611. The Labute approximate surface area is 175 Å². The summed E-state index contributed by atoms with van der Waals surface area (Å²) in [4.78, 5) is 1.74. The number of sulfonamides is 1. The third-order valence-corrected chi connectivity index (χ3v) is 6.20. The zero-order valence-electron chi connectivity index (χ0n) is 18.1. The Hall–Kier alpha value is -2.48. The summed E-state index contributed by atoms with van der Waals surface area (Å²) >= 11 is 0. The van der Waals surface area contributed by atoms with Gasteiger partial charge in [0.1, 0.15) is 4.90 Å². The first-order chi connectivity index (χ1) is 15.4. The second-order valence-electron chi connectivity index (χ2n) is 6.63. The van der Waals surface area contributed by atoms with Crippen molar-refractivity contribution in [2.75, 3.05) is 11.8 Å². The van der Waals surface area contributed by atoms with Gasteiger partial charge in [-0.1, -0.05) is 0 Å². The van der Waals surface area contributed by atoms with Crippen LogP contribution in [0.5, 0.6) is 5.75 Å². The molecule has 3 rings (SSSR count). The molecule has 14 heteroatoms. The lowest BCUT2D eigenvalue weighted by Crippen LogP contribution is -2.51. The maximum Gasteiger partial charge on any atom is 0.417 e. The first-order valence-electron chi connectivity index (χ1n) is 9.87. The number of benzene rings is 1. The third kappa shape index (κ3) is 4.31. The second kappa shape index (κ2) is 7.89. The molecule has 0 spiro atoms. The van der Waals surface area contributed by atoms with Gasteiger partial charge in [0.05, 0.1) is 9.80 Å². The highest BCUT2D eigenvalue weighted by atomic mass is 32.2. The van der Waals surface area contributed by atoms with E-state index in [9.17, 15) is 39.2 Å². The highest BCUT2D eigenvalue weighted by molar-refractivity contribution is 7.92. The van der Waals surface area contributed by atoms with Crippen LogP contribution in [0.15, 0.2) is 23.2 Å². The number of aromatic amines is 1. The van der Waals surface area contributed by atoms with Gasteiger partial charge >= 0.3 is 12.8 Å². The maximum absolute atomic E-state index is 14.2. The number of nitrogens with one attached hydrogen (secondary N) is 2. The molecule has 1 heterocycles. The normalized spacial score (nSPS) is 21.2. The number of aromatic nitrogens is 1. The van der Waals surface area contributed by atoms with Crippen molar-refractivity contribution in [1.82, 2.24) is 4.98 Å². The summed E-state index contributed by atoms with van der Waals surface area (Å²) in [5.41, 5.74) is -4.50. The van der Waals surface area contributed by atoms with E-state index in [1.54, 1.807) is 4.72 Å². The van der Waals surface area contributed by atoms with Crippen molar-refractivity contribution < 1.29 is 52.7 Å². The third-order valence-electron chi connectivity index (χ3n) is 4.76. The Morgan fingerprint density at radius 1 is 1.26 bits per heavy atom. The highest BCUT2D eigenvalue weighted by Gasteiger charge is 2.57. The van der Waals surface area contributed by atoms with Gasteiger partial charge in [-0.25, -0.2) is 17.2 Å². The van der Waals surface area contributed by atoms with E-state index in [2.05, 4.69) is 14.5 Å². The Morgan fingerprint density at radius 2 is 1.97 bits per heavy atom. The van der Waals surface area contributed by atoms with Crippen molar-refractivity contribution in [2.24, 2.45) is 0 Å². The smallest absolute Gasteiger partial charge is 0.417 e. The molecule has 0 aliphatic heterocycles. The minimum atomic E-state index is -5.11. The van der Waals surface area contributed by atoms with Crippen LogP contribution in [-0.2, 0) is 27.6 Å². The molecule has 0 unspecified atom stereocenters. The molecule has 1 aromatic heterocycles. The van der Waals surface area contributed by atoms with Gasteiger partial charge in [0, 0.05) is 37.5 Å². The van der Waals surface area contributed by atoms with Crippen molar-refractivity contribution in [3.8, 4) is 5.75 Å². The molecule has 1 aromatic carbocycles. The van der Waals surface area contributed by atoms with Crippen LogP contribution in [0.4, 0.5) is 36.4 Å². The number of ether oxygens (including phenoxy) is 2. The van der Waals surface area contributed by atoms with Crippen LogP contribution >= 0.6 is 0 Å². The van der Waals surface area contributed by atoms with Crippen molar-refractivity contribution >= 4 is 15.7 Å². The fraction of sp³-hybridized carbons (Fsp3) is 0.412. The minimum Gasteiger partial charge on any atom is -0.432 e. The van der Waals surface area contributed by atoms with Gasteiger partial charge in [0.2, 0.25) is 0 Å². The summed E-state index contributed by atoms with van der Waals surface area (Å²) in [7, 11) is -8.10. The first kappa shape index (κ1) is 19.2. The van der Waals surface area contributed by atoms with E-state index in [1.807, 2.05) is 0 Å². The predicted molar refractivity (Wildman–Crippen MR) is 92.4 cm³/mol. The summed E-state index contributed by atoms with van der Waals surface area (Å²) in [6, 6.07) is 0.443. The predicted octanol–water partition coefficient (Wildman–Crippen LogP) is 4.13. The van der Waals surface area contributed by atoms with Gasteiger partial charge in [-0.3, -0.25) is 4.72 Å². The number of hydrogen-bond donors (Lipinski definition) is 2. The van der Waals surface area contributed by atoms with Crippen molar-refractivity contribution in [3.05, 3.63) is 41.2 Å². The summed E-state index contributed by atoms with van der Waals surface area (Å²) in [5, 5.41) is 0. The van der Waals surface area contributed by atoms with Gasteiger partial charge in [0.15, 0.2) is 23.0 Å². The Balaban J connectivity index is 1.92. The topological polar surface area (TPSA) is 80.4 Å². The van der Waals surface area contributed by atoms with Gasteiger partial charge in [-0.2, -0.15) is 22.0 Å². The van der Waals surface area contributed by atoms with E-state index in [-0.39, 0.29) is 23.4 Å². The number of methoxy groups -OCH3 is 1. The molecule has 0 amide bonds. The van der Waals surface area contributed by atoms with Crippen molar-refractivity contribution in [1.29, 1.82) is 0 Å². The minimum absolute atomic E-state index is 0.139. The first-order valence-corrected chi connectivity index (χ1v) is 9.85. The number of anilines is 1. The van der Waals surface area contributed by atoms with Crippen LogP contribution in [0, 0.1) is 11.6 Å². The maximum atomic E-state index is 14.2. The molecule has 0 saturated heterocycles. The zero-order chi connectivity index (χ0) is 25.7. The summed E-state index contributed by atoms with van der Waals surface area (Å²) in [6.45, 7) is -3.47. The number of halogens is 7. The van der Waals surface area contributed by atoms with Crippen molar-refractivity contribution in [3.63, 3.8) is 0 Å². The number of alkyl halides is 5. The molecule has 1 atom stereocenters. The summed E-state index contributed by atoms with van der Waals surface area (Å²) in [5.74, 6) is -4.15. The monoisotopic (exact) mass is 479 g/mol. The van der Waals surface area contributed by atoms with E-state index in [0.29, 0.717) is 0 Å². The lowest BCUT2D eigenvalue weighted by atomic mass is 9.83. The average molecular weight is 479 g/mol. The van der Waals surface area contributed by atoms with Gasteiger partial charge in [0.25, 0.3) is 10.0 Å². The Morgan fingerprint density at radius 3 is 2.58 bits per heavy atom. The molecule has 1 aliphatic carbocycles. The molecule has 0 fully saturated rings. The van der Waals surface area contributed by atoms with E-state index in [4.69, 9.17) is 4.11 Å². The van der Waals surface area contributed by atoms with E-state index >= 15 is 0 Å². The zero-order valence-corrected chi connectivity index (χ0v) is 15.9. The number of hydrogen-bond acceptors (Lipinski definition) is 4. The molecule has 0 saturated carbocycles. The summed E-state index contributed by atoms with van der Waals surface area (Å²) < 4.78 is 150. The largest absolute Gasteiger partial charge is 0.432 e. The Kier molecular flexibility index (Phi) is 4.89. The molecule has 0 radical (unpaired) electrons. The SMILES string of the molecule is [2H]C([2H])([2H])O[C@@]1(C(F)(F)F)CCc2c(S(=O)(=O)Nc3cc(F)c(OC(F)F)cc3F)c[nH]c2C1. The molecule has 2 N–H and O–H groups in total. The Bertz CT molecular complexity index is 1190. The van der Waals surface area contributed by atoms with Gasteiger partial charge in [-0.05, 0) is 18.4 Å². The summed E-state index contributed by atoms with van der Waals surface area (Å²) in [6.07, 6.45) is -6.85. The van der Waals surface area contributed by atoms with Crippen LogP contribution in [0.2, 0.25) is 0 Å². The molecule has 31 heavy (non-hydrogen) atoms. The van der Waals surface area contributed by atoms with Crippen LogP contribution < -0.4 is 9.46 Å². The van der Waals surface area contributed by atoms with E-state index in [0.717, 1.165) is 6.20 Å². The molecule has 2 aromatic rings. The van der Waals surface area contributed by atoms with Gasteiger partial charge in [-0.15, -0.1) is 0 Å². The molecule has 1 aliphatic rings. The fourth-order valence-electron chi connectivity index (χ4n) is 3.23. The standard InChI is InChI=1S/C17H15F7N2O4S/c1-29-16(17(22,23)24)3-2-8-12(6-16)25-7-14(8)31(27,28)26-11-4-10(19)13(5-9(11)18)30-15(20)21/h4-5,7,15,25-26H,2-3,6H2,1H3/t16-/m0/s1/i1D3. The average Bonchev–Trinajstić information content (AvgIpc) is 3.07.